The first-order valence-corrected chi connectivity index (χ1v) is 11.1. The van der Waals surface area contributed by atoms with Crippen molar-refractivity contribution in [3.63, 3.8) is 0 Å². The van der Waals surface area contributed by atoms with Gasteiger partial charge in [-0.3, -0.25) is 9.59 Å². The number of carbonyl (C=O) groups excluding carboxylic acids is 2. The van der Waals surface area contributed by atoms with E-state index >= 15 is 0 Å². The molecule has 2 aromatic heterocycles. The van der Waals surface area contributed by atoms with Gasteiger partial charge in [0.05, 0.1) is 30.8 Å². The van der Waals surface area contributed by atoms with Crippen LogP contribution in [0.25, 0.3) is 0 Å². The standard InChI is InChI=1S/C25H27N3O5/c1-2-3-14-32-19-8-4-7-18(16-19)22-21(23(29)20-9-5-15-33-20)24(30)25(31)28(22)12-6-11-27-13-10-26-17-27/h4-5,7-10,13,15-17,22,30H,2-3,6,11-12,14H2,1H3. The van der Waals surface area contributed by atoms with Gasteiger partial charge in [-0.2, -0.15) is 0 Å². The molecule has 4 rings (SSSR count). The molecule has 3 aromatic rings. The molecule has 0 aliphatic carbocycles. The first-order chi connectivity index (χ1) is 16.1. The number of benzene rings is 1. The summed E-state index contributed by atoms with van der Waals surface area (Å²) >= 11 is 0. The number of aliphatic hydroxyl groups excluding tert-OH is 1. The molecule has 1 aliphatic heterocycles. The average molecular weight is 450 g/mol. The van der Waals surface area contributed by atoms with Gasteiger partial charge in [-0.05, 0) is 42.7 Å². The minimum absolute atomic E-state index is 0.0169. The monoisotopic (exact) mass is 449 g/mol. The summed E-state index contributed by atoms with van der Waals surface area (Å²) in [4.78, 5) is 31.8. The second kappa shape index (κ2) is 10.2. The molecule has 3 heterocycles. The van der Waals surface area contributed by atoms with E-state index in [4.69, 9.17) is 9.15 Å². The van der Waals surface area contributed by atoms with Gasteiger partial charge in [0, 0.05) is 25.5 Å². The van der Waals surface area contributed by atoms with E-state index in [0.29, 0.717) is 37.4 Å². The fourth-order valence-electron chi connectivity index (χ4n) is 3.95. The Morgan fingerprint density at radius 3 is 2.82 bits per heavy atom. The van der Waals surface area contributed by atoms with Crippen LogP contribution in [0.2, 0.25) is 0 Å². The van der Waals surface area contributed by atoms with Crippen LogP contribution < -0.4 is 4.74 Å². The van der Waals surface area contributed by atoms with Crippen molar-refractivity contribution in [2.45, 2.75) is 38.8 Å². The molecule has 0 bridgehead atoms. The second-order valence-electron chi connectivity index (χ2n) is 7.90. The maximum atomic E-state index is 13.2. The van der Waals surface area contributed by atoms with Crippen LogP contribution in [0.15, 0.2) is 77.1 Å². The van der Waals surface area contributed by atoms with Crippen LogP contribution in [0, 0.1) is 0 Å². The van der Waals surface area contributed by atoms with E-state index in [2.05, 4.69) is 11.9 Å². The number of carbonyl (C=O) groups is 2. The number of Topliss-reactive ketones (excluding diaryl/α,β-unsaturated/α-hetero) is 1. The first kappa shape index (κ1) is 22.4. The van der Waals surface area contributed by atoms with Gasteiger partial charge >= 0.3 is 0 Å². The maximum absolute atomic E-state index is 13.2. The van der Waals surface area contributed by atoms with E-state index in [0.717, 1.165) is 12.8 Å². The van der Waals surface area contributed by atoms with Gasteiger partial charge in [0.2, 0.25) is 5.78 Å². The molecule has 1 amide bonds. The van der Waals surface area contributed by atoms with E-state index in [1.54, 1.807) is 18.6 Å². The molecule has 1 N–H and O–H groups in total. The molecule has 8 nitrogen and oxygen atoms in total. The molecule has 0 saturated heterocycles. The molecule has 0 saturated carbocycles. The van der Waals surface area contributed by atoms with E-state index in [1.807, 2.05) is 35.0 Å². The van der Waals surface area contributed by atoms with Crippen molar-refractivity contribution in [2.24, 2.45) is 0 Å². The Bertz CT molecular complexity index is 1120. The summed E-state index contributed by atoms with van der Waals surface area (Å²) in [7, 11) is 0. The van der Waals surface area contributed by atoms with Gasteiger partial charge in [0.15, 0.2) is 11.5 Å². The Labute approximate surface area is 192 Å². The van der Waals surface area contributed by atoms with Crippen molar-refractivity contribution >= 4 is 11.7 Å². The Kier molecular flexibility index (Phi) is 6.92. The van der Waals surface area contributed by atoms with Crippen LogP contribution in [0.5, 0.6) is 5.75 Å². The summed E-state index contributed by atoms with van der Waals surface area (Å²) in [5.41, 5.74) is 0.710. The fourth-order valence-corrected chi connectivity index (χ4v) is 3.95. The quantitative estimate of drug-likeness (QED) is 0.346. The lowest BCUT2D eigenvalue weighted by atomic mass is 9.95. The number of aliphatic hydroxyl groups is 1. The third kappa shape index (κ3) is 4.84. The molecular formula is C25H27N3O5. The summed E-state index contributed by atoms with van der Waals surface area (Å²) in [6, 6.07) is 9.71. The number of rotatable bonds is 11. The molecule has 33 heavy (non-hydrogen) atoms. The summed E-state index contributed by atoms with van der Waals surface area (Å²) in [5.74, 6) is -0.891. The van der Waals surface area contributed by atoms with Crippen LogP contribution in [-0.4, -0.2) is 44.4 Å². The van der Waals surface area contributed by atoms with Crippen LogP contribution in [-0.2, 0) is 11.3 Å². The minimum Gasteiger partial charge on any atom is -0.503 e. The highest BCUT2D eigenvalue weighted by Crippen LogP contribution is 2.40. The predicted molar refractivity (Wildman–Crippen MR) is 121 cm³/mol. The lowest BCUT2D eigenvalue weighted by molar-refractivity contribution is -0.129. The zero-order valence-corrected chi connectivity index (χ0v) is 18.5. The Morgan fingerprint density at radius 2 is 2.09 bits per heavy atom. The van der Waals surface area contributed by atoms with Gasteiger partial charge in [-0.1, -0.05) is 25.5 Å². The summed E-state index contributed by atoms with van der Waals surface area (Å²) in [5, 5.41) is 10.7. The smallest absolute Gasteiger partial charge is 0.290 e. The van der Waals surface area contributed by atoms with Crippen molar-refractivity contribution in [1.29, 1.82) is 0 Å². The van der Waals surface area contributed by atoms with Crippen LogP contribution in [0.4, 0.5) is 0 Å². The number of nitrogens with zero attached hydrogens (tertiary/aromatic N) is 3. The third-order valence-electron chi connectivity index (χ3n) is 5.61. The maximum Gasteiger partial charge on any atom is 0.290 e. The summed E-state index contributed by atoms with van der Waals surface area (Å²) in [6.07, 6.45) is 9.21. The van der Waals surface area contributed by atoms with E-state index < -0.39 is 23.5 Å². The van der Waals surface area contributed by atoms with Crippen molar-refractivity contribution in [3.8, 4) is 5.75 Å². The van der Waals surface area contributed by atoms with E-state index in [1.165, 1.54) is 17.2 Å². The third-order valence-corrected chi connectivity index (χ3v) is 5.61. The van der Waals surface area contributed by atoms with E-state index in [-0.39, 0.29) is 11.3 Å². The van der Waals surface area contributed by atoms with Crippen molar-refractivity contribution in [2.75, 3.05) is 13.2 Å². The lowest BCUT2D eigenvalue weighted by Gasteiger charge is -2.27. The minimum atomic E-state index is -0.743. The van der Waals surface area contributed by atoms with Crippen molar-refractivity contribution in [3.05, 3.63) is 84.0 Å². The average Bonchev–Trinajstić information content (AvgIpc) is 3.58. The SMILES string of the molecule is CCCCOc1cccc(C2C(C(=O)c3ccco3)=C(O)C(=O)N2CCCn2ccnc2)c1. The number of amides is 1. The molecular weight excluding hydrogens is 422 g/mol. The number of hydrogen-bond acceptors (Lipinski definition) is 6. The second-order valence-corrected chi connectivity index (χ2v) is 7.90. The molecule has 172 valence electrons. The Hall–Kier alpha value is -3.81. The van der Waals surface area contributed by atoms with Gasteiger partial charge in [0.25, 0.3) is 5.91 Å². The van der Waals surface area contributed by atoms with Gasteiger partial charge in [0.1, 0.15) is 5.75 Å². The number of hydrogen-bond donors (Lipinski definition) is 1. The first-order valence-electron chi connectivity index (χ1n) is 11.1. The molecule has 0 radical (unpaired) electrons. The number of ether oxygens (including phenoxy) is 1. The highest BCUT2D eigenvalue weighted by atomic mass is 16.5. The number of imidazole rings is 1. The van der Waals surface area contributed by atoms with Crippen LogP contribution in [0.1, 0.15) is 48.3 Å². The lowest BCUT2D eigenvalue weighted by Crippen LogP contribution is -2.32. The molecule has 8 heteroatoms. The largest absolute Gasteiger partial charge is 0.503 e. The highest BCUT2D eigenvalue weighted by molar-refractivity contribution is 6.15. The summed E-state index contributed by atoms with van der Waals surface area (Å²) < 4.78 is 13.0. The van der Waals surface area contributed by atoms with Gasteiger partial charge < -0.3 is 23.7 Å². The molecule has 1 aliphatic rings. The van der Waals surface area contributed by atoms with Gasteiger partial charge in [-0.15, -0.1) is 0 Å². The predicted octanol–water partition coefficient (Wildman–Crippen LogP) is 4.32. The molecule has 0 spiro atoms. The zero-order chi connectivity index (χ0) is 23.2. The number of furan rings is 1. The Balaban J connectivity index is 1.64. The Morgan fingerprint density at radius 1 is 1.21 bits per heavy atom. The summed E-state index contributed by atoms with van der Waals surface area (Å²) in [6.45, 7) is 3.67. The van der Waals surface area contributed by atoms with E-state index in [9.17, 15) is 14.7 Å². The number of aromatic nitrogens is 2. The van der Waals surface area contributed by atoms with Gasteiger partial charge in [-0.25, -0.2) is 4.98 Å². The number of ketones is 1. The number of unbranched alkanes of at least 4 members (excludes halogenated alkanes) is 1. The topological polar surface area (TPSA) is 97.8 Å². The molecule has 1 aromatic carbocycles. The normalized spacial score (nSPS) is 16.0. The highest BCUT2D eigenvalue weighted by Gasteiger charge is 2.44. The van der Waals surface area contributed by atoms with Crippen molar-refractivity contribution < 1.29 is 23.8 Å². The number of aryl methyl sites for hydroxylation is 1. The zero-order valence-electron chi connectivity index (χ0n) is 18.5. The molecule has 0 fully saturated rings. The van der Waals surface area contributed by atoms with Crippen molar-refractivity contribution in [1.82, 2.24) is 14.5 Å². The fraction of sp³-hybridized carbons (Fsp3) is 0.320. The van der Waals surface area contributed by atoms with Crippen LogP contribution in [0.3, 0.4) is 0 Å². The van der Waals surface area contributed by atoms with Crippen LogP contribution >= 0.6 is 0 Å². The molecule has 1 atom stereocenters. The molecule has 1 unspecified atom stereocenters.